The lowest BCUT2D eigenvalue weighted by Gasteiger charge is -2.29. The minimum absolute atomic E-state index is 0.212. The molecule has 0 amide bonds. The van der Waals surface area contributed by atoms with Crippen molar-refractivity contribution >= 4 is 23.3 Å². The maximum Gasteiger partial charge on any atom is 0.0991 e. The smallest absolute Gasteiger partial charge is 0.0991 e. The van der Waals surface area contributed by atoms with Crippen LogP contribution in [0.3, 0.4) is 0 Å². The van der Waals surface area contributed by atoms with E-state index in [1.165, 1.54) is 22.9 Å². The number of hydrogen-bond acceptors (Lipinski definition) is 5. The lowest BCUT2D eigenvalue weighted by molar-refractivity contribution is 0.597. The molecule has 0 aliphatic heterocycles. The van der Waals surface area contributed by atoms with E-state index in [4.69, 9.17) is 5.41 Å². The summed E-state index contributed by atoms with van der Waals surface area (Å²) in [6.07, 6.45) is 8.19. The molecule has 0 radical (unpaired) electrons. The van der Waals surface area contributed by atoms with Crippen LogP contribution < -0.4 is 10.6 Å². The van der Waals surface area contributed by atoms with Gasteiger partial charge in [0, 0.05) is 36.4 Å². The molecule has 1 atom stereocenters. The summed E-state index contributed by atoms with van der Waals surface area (Å²) in [5.74, 6) is 0. The van der Waals surface area contributed by atoms with Crippen molar-refractivity contribution in [2.45, 2.75) is 32.2 Å². The van der Waals surface area contributed by atoms with Gasteiger partial charge in [0.1, 0.15) is 0 Å². The van der Waals surface area contributed by atoms with Crippen LogP contribution in [0.4, 0.5) is 17.1 Å². The second-order valence-electron chi connectivity index (χ2n) is 7.54. The Morgan fingerprint density at radius 3 is 2.86 bits per heavy atom. The first-order chi connectivity index (χ1) is 14.1. The molecule has 146 valence electrons. The zero-order chi connectivity index (χ0) is 20.4. The minimum atomic E-state index is 0.212. The first-order valence-electron chi connectivity index (χ1n) is 9.77. The molecule has 0 saturated heterocycles. The summed E-state index contributed by atoms with van der Waals surface area (Å²) in [6.45, 7) is 2.09. The third kappa shape index (κ3) is 3.85. The highest BCUT2D eigenvalue weighted by Crippen LogP contribution is 2.36. The molecule has 1 heterocycles. The maximum atomic E-state index is 9.27. The number of nitriles is 1. The lowest BCUT2D eigenvalue weighted by atomic mass is 9.83. The van der Waals surface area contributed by atoms with Gasteiger partial charge in [0.25, 0.3) is 0 Å². The maximum absolute atomic E-state index is 9.27. The minimum Gasteiger partial charge on any atom is -0.378 e. The average molecular weight is 384 g/mol. The zero-order valence-corrected chi connectivity index (χ0v) is 16.7. The van der Waals surface area contributed by atoms with Gasteiger partial charge < -0.3 is 16.0 Å². The summed E-state index contributed by atoms with van der Waals surface area (Å²) >= 11 is 0. The van der Waals surface area contributed by atoms with Crippen molar-refractivity contribution in [2.24, 2.45) is 7.05 Å². The van der Waals surface area contributed by atoms with Gasteiger partial charge in [-0.25, -0.2) is 0 Å². The van der Waals surface area contributed by atoms with Crippen molar-refractivity contribution in [3.63, 3.8) is 0 Å². The molecule has 0 fully saturated rings. The predicted octanol–water partition coefficient (Wildman–Crippen LogP) is 4.83. The highest BCUT2D eigenvalue weighted by atomic mass is 15.3. The molecule has 0 bridgehead atoms. The molecule has 6 heteroatoms. The molecule has 1 aliphatic carbocycles. The van der Waals surface area contributed by atoms with Crippen LogP contribution in [0.25, 0.3) is 0 Å². The van der Waals surface area contributed by atoms with E-state index in [1.807, 2.05) is 43.6 Å². The van der Waals surface area contributed by atoms with Crippen LogP contribution in [0.2, 0.25) is 0 Å². The van der Waals surface area contributed by atoms with Crippen LogP contribution in [0.15, 0.2) is 42.7 Å². The van der Waals surface area contributed by atoms with Crippen LogP contribution in [-0.2, 0) is 13.5 Å². The van der Waals surface area contributed by atoms with Crippen molar-refractivity contribution < 1.29 is 0 Å². The average Bonchev–Trinajstić information content (AvgIpc) is 3.12. The number of nitrogens with zero attached hydrogens (tertiary/aromatic N) is 3. The topological polar surface area (TPSA) is 89.5 Å². The van der Waals surface area contributed by atoms with Crippen molar-refractivity contribution in [1.29, 1.82) is 10.7 Å². The molecule has 1 aliphatic rings. The third-order valence-electron chi connectivity index (χ3n) is 5.42. The Labute approximate surface area is 170 Å². The van der Waals surface area contributed by atoms with E-state index in [9.17, 15) is 5.26 Å². The van der Waals surface area contributed by atoms with E-state index in [0.29, 0.717) is 0 Å². The molecule has 3 N–H and O–H groups in total. The summed E-state index contributed by atoms with van der Waals surface area (Å²) in [5, 5.41) is 28.2. The Morgan fingerprint density at radius 1 is 1.28 bits per heavy atom. The second-order valence-corrected chi connectivity index (χ2v) is 7.54. The SMILES string of the molecule is Cc1cc(C#N)cc2c1[C@@H](Nc1ccc(C=N)c(Nc3cnn(C)c3)c1)CCC2. The standard InChI is InChI=1S/C23H24N6/c1-15-8-16(11-24)9-17-4-3-5-21(23(15)17)27-19-7-6-18(12-25)22(10-19)28-20-13-26-29(2)14-20/h6-10,12-14,21,25,27-28H,3-5H2,1-2H3/t21-/m0/s1. The summed E-state index contributed by atoms with van der Waals surface area (Å²) in [6, 6.07) is 12.5. The summed E-state index contributed by atoms with van der Waals surface area (Å²) in [5.41, 5.74) is 8.06. The largest absolute Gasteiger partial charge is 0.378 e. The van der Waals surface area contributed by atoms with Gasteiger partial charge in [-0.1, -0.05) is 0 Å². The van der Waals surface area contributed by atoms with Crippen molar-refractivity contribution in [3.8, 4) is 6.07 Å². The number of aryl methyl sites for hydroxylation is 3. The van der Waals surface area contributed by atoms with Gasteiger partial charge in [-0.2, -0.15) is 10.4 Å². The molecule has 0 unspecified atom stereocenters. The first-order valence-corrected chi connectivity index (χ1v) is 9.77. The summed E-state index contributed by atoms with van der Waals surface area (Å²) < 4.78 is 1.74. The van der Waals surface area contributed by atoms with Crippen LogP contribution in [0, 0.1) is 23.7 Å². The number of hydrogen-bond donors (Lipinski definition) is 3. The summed E-state index contributed by atoms with van der Waals surface area (Å²) in [7, 11) is 1.88. The number of anilines is 3. The van der Waals surface area contributed by atoms with E-state index < -0.39 is 0 Å². The van der Waals surface area contributed by atoms with Crippen LogP contribution in [-0.4, -0.2) is 16.0 Å². The Kier molecular flexibility index (Phi) is 5.05. The number of nitrogens with one attached hydrogen (secondary N) is 3. The zero-order valence-electron chi connectivity index (χ0n) is 16.7. The van der Waals surface area contributed by atoms with Gasteiger partial charge in [-0.3, -0.25) is 4.68 Å². The molecule has 3 aromatic rings. The molecule has 0 spiro atoms. The molecule has 4 rings (SSSR count). The number of fused-ring (bicyclic) bond motifs is 1. The Bertz CT molecular complexity index is 1110. The second kappa shape index (κ2) is 7.80. The van der Waals surface area contributed by atoms with Gasteiger partial charge in [-0.05, 0) is 73.2 Å². The number of aromatic nitrogens is 2. The van der Waals surface area contributed by atoms with Gasteiger partial charge in [0.2, 0.25) is 0 Å². The quantitative estimate of drug-likeness (QED) is 0.550. The molecule has 1 aromatic heterocycles. The van der Waals surface area contributed by atoms with Crippen LogP contribution in [0.5, 0.6) is 0 Å². The fourth-order valence-electron chi connectivity index (χ4n) is 4.15. The molecule has 2 aromatic carbocycles. The van der Waals surface area contributed by atoms with Crippen LogP contribution >= 0.6 is 0 Å². The molecule has 6 nitrogen and oxygen atoms in total. The summed E-state index contributed by atoms with van der Waals surface area (Å²) in [4.78, 5) is 0. The molecular weight excluding hydrogens is 360 g/mol. The van der Waals surface area contributed by atoms with Crippen molar-refractivity contribution in [3.05, 3.63) is 70.5 Å². The van der Waals surface area contributed by atoms with Crippen LogP contribution in [0.1, 0.15) is 46.7 Å². The number of benzene rings is 2. The highest BCUT2D eigenvalue weighted by Gasteiger charge is 2.23. The Hall–Kier alpha value is -3.59. The first kappa shape index (κ1) is 18.8. The van der Waals surface area contributed by atoms with Crippen molar-refractivity contribution in [1.82, 2.24) is 9.78 Å². The van der Waals surface area contributed by atoms with E-state index in [-0.39, 0.29) is 6.04 Å². The van der Waals surface area contributed by atoms with Gasteiger partial charge in [0.15, 0.2) is 0 Å². The van der Waals surface area contributed by atoms with E-state index in [2.05, 4.69) is 28.7 Å². The monoisotopic (exact) mass is 384 g/mol. The van der Waals surface area contributed by atoms with Gasteiger partial charge in [0.05, 0.1) is 29.6 Å². The Morgan fingerprint density at radius 2 is 2.14 bits per heavy atom. The lowest BCUT2D eigenvalue weighted by Crippen LogP contribution is -2.19. The number of rotatable bonds is 5. The Balaban J connectivity index is 1.63. The van der Waals surface area contributed by atoms with E-state index in [0.717, 1.165) is 47.5 Å². The van der Waals surface area contributed by atoms with E-state index in [1.54, 1.807) is 10.9 Å². The highest BCUT2D eigenvalue weighted by molar-refractivity contribution is 5.88. The molecule has 29 heavy (non-hydrogen) atoms. The van der Waals surface area contributed by atoms with E-state index >= 15 is 0 Å². The molecular formula is C23H24N6. The fourth-order valence-corrected chi connectivity index (χ4v) is 4.15. The van der Waals surface area contributed by atoms with Crippen molar-refractivity contribution in [2.75, 3.05) is 10.6 Å². The van der Waals surface area contributed by atoms with Gasteiger partial charge in [-0.15, -0.1) is 0 Å². The molecule has 0 saturated carbocycles. The predicted molar refractivity (Wildman–Crippen MR) is 116 cm³/mol. The normalized spacial score (nSPS) is 15.3. The van der Waals surface area contributed by atoms with Gasteiger partial charge >= 0.3 is 0 Å². The fraction of sp³-hybridized carbons (Fsp3) is 0.261. The third-order valence-corrected chi connectivity index (χ3v) is 5.42.